The molecule has 4 nitrogen and oxygen atoms in total. The molecule has 7 heteroatoms. The number of nitriles is 1. The third-order valence-electron chi connectivity index (χ3n) is 9.21. The maximum absolute atomic E-state index is 7.50. The van der Waals surface area contributed by atoms with Crippen molar-refractivity contribution in [2.45, 2.75) is 44.7 Å². The minimum atomic E-state index is -1.19. The van der Waals surface area contributed by atoms with Crippen molar-refractivity contribution in [3.05, 3.63) is 181 Å². The van der Waals surface area contributed by atoms with Crippen molar-refractivity contribution in [3.63, 3.8) is 0 Å². The van der Waals surface area contributed by atoms with Crippen molar-refractivity contribution in [1.29, 1.82) is 5.26 Å². The molecule has 7 rings (SSSR count). The second-order valence-corrected chi connectivity index (χ2v) is 17.5. The van der Waals surface area contributed by atoms with Crippen LogP contribution in [-0.2, 0) is 21.9 Å². The normalized spacial score (nSPS) is 15.0. The molecular weight excluding hydrogens is 740 g/mol. The molecule has 2 atom stereocenters. The zero-order chi connectivity index (χ0) is 37.1. The Kier molecular flexibility index (Phi) is 17.9. The predicted molar refractivity (Wildman–Crippen MR) is 231 cm³/mol. The molecule has 2 unspecified atom stereocenters. The quantitative estimate of drug-likeness (QED) is 0.0621. The molecule has 0 aromatic heterocycles. The van der Waals surface area contributed by atoms with Crippen molar-refractivity contribution in [1.82, 2.24) is 0 Å². The summed E-state index contributed by atoms with van der Waals surface area (Å²) < 4.78 is 0. The van der Waals surface area contributed by atoms with Gasteiger partial charge in [-0.2, -0.15) is 5.26 Å². The molecule has 1 fully saturated rings. The second-order valence-electron chi connectivity index (χ2n) is 12.6. The Labute approximate surface area is 334 Å². The monoisotopic (exact) mass is 785 g/mol. The Morgan fingerprint density at radius 2 is 0.778 bits per heavy atom. The molecule has 0 N–H and O–H groups in total. The summed E-state index contributed by atoms with van der Waals surface area (Å²) in [5.74, 6) is 0. The summed E-state index contributed by atoms with van der Waals surface area (Å²) in [6.07, 6.45) is 8.85. The van der Waals surface area contributed by atoms with E-state index in [1.807, 2.05) is 0 Å². The molecule has 1 radical (unpaired) electrons. The minimum absolute atomic E-state index is 0. The van der Waals surface area contributed by atoms with Crippen LogP contribution in [0.1, 0.15) is 43.7 Å². The first-order valence-corrected chi connectivity index (χ1v) is 21.0. The number of benzene rings is 6. The second kappa shape index (κ2) is 23.1. The molecule has 54 heavy (non-hydrogen) atoms. The number of aliphatic imine (C=N–C) groups is 2. The van der Waals surface area contributed by atoms with Gasteiger partial charge in [0.1, 0.15) is 31.8 Å². The maximum atomic E-state index is 7.50. The van der Waals surface area contributed by atoms with Crippen LogP contribution in [0.4, 0.5) is 0 Å². The van der Waals surface area contributed by atoms with Gasteiger partial charge in [-0.25, -0.2) is 0 Å². The van der Waals surface area contributed by atoms with Crippen LogP contribution in [0, 0.1) is 11.3 Å². The summed E-state index contributed by atoms with van der Waals surface area (Å²) in [5.41, 5.74) is 2.44. The van der Waals surface area contributed by atoms with Gasteiger partial charge in [0.05, 0.1) is 34.0 Å². The van der Waals surface area contributed by atoms with Crippen molar-refractivity contribution >= 4 is 66.9 Å². The molecular formula is C47H45FeN3OP2+. The molecule has 1 aliphatic carbocycles. The van der Waals surface area contributed by atoms with Gasteiger partial charge in [0, 0.05) is 47.5 Å². The number of hydrogen-bond donors (Lipinski definition) is 0. The van der Waals surface area contributed by atoms with Gasteiger partial charge < -0.3 is 11.6 Å². The van der Waals surface area contributed by atoms with Crippen molar-refractivity contribution in [2.75, 3.05) is 0 Å². The van der Waals surface area contributed by atoms with Crippen LogP contribution in [0.2, 0.25) is 0 Å². The van der Waals surface area contributed by atoms with Crippen LogP contribution in [-0.4, -0.2) is 31.3 Å². The average Bonchev–Trinajstić information content (AvgIpc) is 3.23. The van der Waals surface area contributed by atoms with E-state index in [0.29, 0.717) is 0 Å². The Hall–Kier alpha value is -4.80. The van der Waals surface area contributed by atoms with Gasteiger partial charge in [0.15, 0.2) is 0 Å². The topological polar surface area (TPSA) is 65.6 Å². The standard InChI is InChI=1S/C44H40N2P2.C2H3N.CO.Fe/c1-5-21-37(22-6-1)47(38-23-7-2-8-24-38)43-31-17-13-19-35(43)33-45-41-29-15-16-30-42(41)46-34-36-20-14-18-32-44(36)48(39-25-9-3-10-26-39)40-27-11-4-12-28-40;1-2-3;1-2;/h1-14,17-28,31-34,41-42H,15-16,29-30H2;1H3;;/q;;-1;/p+2. The fourth-order valence-corrected chi connectivity index (χ4v) is 12.3. The molecule has 0 spiro atoms. The maximum Gasteiger partial charge on any atom is 0.111 e. The fraction of sp³-hybridized carbons (Fsp3) is 0.149. The molecule has 0 saturated heterocycles. The Morgan fingerprint density at radius 3 is 1.07 bits per heavy atom. The van der Waals surface area contributed by atoms with Crippen LogP contribution in [0.25, 0.3) is 0 Å². The van der Waals surface area contributed by atoms with Crippen LogP contribution in [0.3, 0.4) is 0 Å². The first-order chi connectivity index (χ1) is 26.3. The molecule has 0 bridgehead atoms. The summed E-state index contributed by atoms with van der Waals surface area (Å²) in [6, 6.07) is 63.8. The fourth-order valence-electron chi connectivity index (χ4n) is 6.84. The van der Waals surface area contributed by atoms with E-state index in [1.165, 1.54) is 62.7 Å². The first kappa shape index (κ1) is 41.9. The molecule has 0 amide bonds. The summed E-state index contributed by atoms with van der Waals surface area (Å²) in [4.78, 5) is 18.1. The number of nitrogens with zero attached hydrogens (tertiary/aromatic N) is 3. The molecule has 1 saturated carbocycles. The predicted octanol–water partition coefficient (Wildman–Crippen LogP) is 7.65. The third-order valence-corrected chi connectivity index (χ3v) is 14.8. The largest absolute Gasteiger partial charge is 0.573 e. The minimum Gasteiger partial charge on any atom is -0.573 e. The van der Waals surface area contributed by atoms with E-state index < -0.39 is 15.8 Å². The van der Waals surface area contributed by atoms with Gasteiger partial charge in [-0.1, -0.05) is 110 Å². The van der Waals surface area contributed by atoms with E-state index in [4.69, 9.17) is 20.0 Å². The van der Waals surface area contributed by atoms with E-state index in [1.54, 1.807) is 6.07 Å². The average molecular weight is 786 g/mol. The van der Waals surface area contributed by atoms with Gasteiger partial charge in [-0.05, 0) is 85.6 Å². The van der Waals surface area contributed by atoms with Crippen LogP contribution < -0.4 is 31.8 Å². The number of carbonyl (C=O) groups excluding carboxylic acids is 1. The van der Waals surface area contributed by atoms with Crippen molar-refractivity contribution in [2.24, 2.45) is 9.98 Å². The van der Waals surface area contributed by atoms with E-state index >= 15 is 0 Å². The van der Waals surface area contributed by atoms with Gasteiger partial charge >= 0.3 is 0 Å². The zero-order valence-corrected chi connectivity index (χ0v) is 33.5. The molecule has 1 aliphatic rings. The zero-order valence-electron chi connectivity index (χ0n) is 30.4. The molecule has 6 aromatic rings. The SMILES string of the molecule is C(=NC1CCCCC1N=Cc1ccccc1[PH+](c1ccccc1)c1ccccc1)c1ccccc1[PH+](c1ccccc1)c1ccccc1.CC#N.[C-]=O.[Fe]. The Bertz CT molecular complexity index is 1850. The number of hydrogen-bond acceptors (Lipinski definition) is 4. The van der Waals surface area contributed by atoms with E-state index in [9.17, 15) is 0 Å². The summed E-state index contributed by atoms with van der Waals surface area (Å²) in [6.45, 7) is 5.93. The van der Waals surface area contributed by atoms with Crippen LogP contribution >= 0.6 is 15.8 Å². The molecule has 271 valence electrons. The van der Waals surface area contributed by atoms with E-state index in [-0.39, 0.29) is 29.2 Å². The van der Waals surface area contributed by atoms with Crippen molar-refractivity contribution < 1.29 is 21.9 Å². The Morgan fingerprint density at radius 1 is 0.519 bits per heavy atom. The van der Waals surface area contributed by atoms with E-state index in [2.05, 4.69) is 189 Å². The van der Waals surface area contributed by atoms with Crippen LogP contribution in [0.15, 0.2) is 180 Å². The molecule has 6 aromatic carbocycles. The van der Waals surface area contributed by atoms with Crippen LogP contribution in [0.5, 0.6) is 0 Å². The molecule has 0 heterocycles. The first-order valence-electron chi connectivity index (χ1n) is 18.0. The number of rotatable bonds is 10. The summed E-state index contributed by atoms with van der Waals surface area (Å²) in [7, 11) is -2.39. The summed E-state index contributed by atoms with van der Waals surface area (Å²) in [5, 5.41) is 15.6. The van der Waals surface area contributed by atoms with Gasteiger partial charge in [0.25, 0.3) is 0 Å². The summed E-state index contributed by atoms with van der Waals surface area (Å²) >= 11 is 0. The Balaban J connectivity index is 0.00000103. The van der Waals surface area contributed by atoms with Gasteiger partial charge in [0.2, 0.25) is 0 Å². The van der Waals surface area contributed by atoms with Crippen molar-refractivity contribution in [3.8, 4) is 6.07 Å². The van der Waals surface area contributed by atoms with Gasteiger partial charge in [-0.3, -0.25) is 9.98 Å². The molecule has 0 aliphatic heterocycles. The van der Waals surface area contributed by atoms with Gasteiger partial charge in [-0.15, -0.1) is 0 Å². The third kappa shape index (κ3) is 11.4. The smallest absolute Gasteiger partial charge is 0.111 e. The van der Waals surface area contributed by atoms with E-state index in [0.717, 1.165) is 12.8 Å².